The van der Waals surface area contributed by atoms with E-state index >= 15 is 0 Å². The second kappa shape index (κ2) is 6.60. The Morgan fingerprint density at radius 2 is 1.89 bits per heavy atom. The number of rotatable bonds is 2. The highest BCUT2D eigenvalue weighted by Crippen LogP contribution is 2.30. The van der Waals surface area contributed by atoms with E-state index in [1.807, 2.05) is 33.8 Å². The van der Waals surface area contributed by atoms with Gasteiger partial charge in [0.2, 0.25) is 0 Å². The van der Waals surface area contributed by atoms with E-state index in [0.29, 0.717) is 0 Å². The van der Waals surface area contributed by atoms with Crippen molar-refractivity contribution in [2.45, 2.75) is 41.0 Å². The lowest BCUT2D eigenvalue weighted by atomic mass is 10.0. The fraction of sp³-hybridized carbons (Fsp3) is 0.400. The van der Waals surface area contributed by atoms with Gasteiger partial charge in [-0.3, -0.25) is 0 Å². The summed E-state index contributed by atoms with van der Waals surface area (Å²) in [4.78, 5) is 0. The summed E-state index contributed by atoms with van der Waals surface area (Å²) >= 11 is 6.20. The molecule has 0 aliphatic heterocycles. The highest BCUT2D eigenvalue weighted by Gasteiger charge is 2.12. The second-order valence-corrected chi connectivity index (χ2v) is 4.27. The molecule has 0 saturated heterocycles. The monoisotopic (exact) mass is 265 g/mol. The number of hydrogen-bond acceptors (Lipinski definition) is 2. The van der Waals surface area contributed by atoms with Crippen LogP contribution in [-0.2, 0) is 6.42 Å². The fourth-order valence-corrected chi connectivity index (χ4v) is 2.20. The zero-order valence-electron chi connectivity index (χ0n) is 11.7. The Labute approximate surface area is 114 Å². The third kappa shape index (κ3) is 2.94. The van der Waals surface area contributed by atoms with Crippen LogP contribution in [0, 0.1) is 13.8 Å². The molecule has 0 spiro atoms. The summed E-state index contributed by atoms with van der Waals surface area (Å²) in [5.74, 6) is 0.831. The number of nitrogens with zero attached hydrogens (tertiary/aromatic N) is 1. The van der Waals surface area contributed by atoms with Crippen molar-refractivity contribution in [1.29, 1.82) is 0 Å². The Bertz CT molecular complexity index is 498. The molecule has 2 rings (SSSR count). The molecule has 0 amide bonds. The van der Waals surface area contributed by atoms with Gasteiger partial charge in [-0.1, -0.05) is 49.7 Å². The predicted octanol–water partition coefficient (Wildman–Crippen LogP) is 5.20. The minimum Gasteiger partial charge on any atom is -0.361 e. The van der Waals surface area contributed by atoms with Gasteiger partial charge in [-0.05, 0) is 37.5 Å². The minimum absolute atomic E-state index is 0.806. The first-order chi connectivity index (χ1) is 8.63. The van der Waals surface area contributed by atoms with Crippen molar-refractivity contribution in [1.82, 2.24) is 5.16 Å². The molecule has 0 N–H and O–H groups in total. The first-order valence-corrected chi connectivity index (χ1v) is 6.73. The summed E-state index contributed by atoms with van der Waals surface area (Å²) in [5, 5.41) is 4.75. The van der Waals surface area contributed by atoms with E-state index in [0.717, 1.165) is 39.6 Å². The SMILES string of the molecule is CC.CCc1ccc(-c2c(C)noc2C)cc1Cl. The third-order valence-corrected chi connectivity index (χ3v) is 3.11. The molecule has 98 valence electrons. The molecule has 18 heavy (non-hydrogen) atoms. The molecule has 0 atom stereocenters. The Balaban J connectivity index is 0.000000771. The van der Waals surface area contributed by atoms with Crippen LogP contribution in [0.25, 0.3) is 11.1 Å². The zero-order chi connectivity index (χ0) is 13.7. The van der Waals surface area contributed by atoms with Crippen LogP contribution >= 0.6 is 11.6 Å². The molecule has 0 saturated carbocycles. The number of halogens is 1. The normalized spacial score (nSPS) is 9.89. The molecular formula is C15H20ClNO. The molecule has 1 aromatic heterocycles. The van der Waals surface area contributed by atoms with Crippen LogP contribution in [0.3, 0.4) is 0 Å². The quantitative estimate of drug-likeness (QED) is 0.746. The van der Waals surface area contributed by atoms with E-state index in [1.165, 1.54) is 0 Å². The van der Waals surface area contributed by atoms with Crippen LogP contribution in [-0.4, -0.2) is 5.16 Å². The first-order valence-electron chi connectivity index (χ1n) is 6.35. The maximum atomic E-state index is 6.20. The molecule has 0 bridgehead atoms. The lowest BCUT2D eigenvalue weighted by Gasteiger charge is -2.05. The maximum absolute atomic E-state index is 6.20. The van der Waals surface area contributed by atoms with Gasteiger partial charge in [0.1, 0.15) is 5.76 Å². The van der Waals surface area contributed by atoms with Gasteiger partial charge in [0.25, 0.3) is 0 Å². The smallest absolute Gasteiger partial charge is 0.141 e. The van der Waals surface area contributed by atoms with Crippen LogP contribution in [0.15, 0.2) is 22.7 Å². The summed E-state index contributed by atoms with van der Waals surface area (Å²) < 4.78 is 5.15. The van der Waals surface area contributed by atoms with Crippen molar-refractivity contribution in [3.63, 3.8) is 0 Å². The van der Waals surface area contributed by atoms with Crippen molar-refractivity contribution in [2.75, 3.05) is 0 Å². The zero-order valence-corrected chi connectivity index (χ0v) is 12.4. The molecule has 2 aromatic rings. The summed E-state index contributed by atoms with van der Waals surface area (Å²) in [6, 6.07) is 6.10. The summed E-state index contributed by atoms with van der Waals surface area (Å²) in [7, 11) is 0. The van der Waals surface area contributed by atoms with Crippen molar-refractivity contribution in [3.05, 3.63) is 40.2 Å². The lowest BCUT2D eigenvalue weighted by Crippen LogP contribution is -1.86. The van der Waals surface area contributed by atoms with E-state index in [-0.39, 0.29) is 0 Å². The van der Waals surface area contributed by atoms with E-state index in [9.17, 15) is 0 Å². The maximum Gasteiger partial charge on any atom is 0.141 e. The summed E-state index contributed by atoms with van der Waals surface area (Å²) in [6.07, 6.45) is 0.945. The summed E-state index contributed by atoms with van der Waals surface area (Å²) in [5.41, 5.74) is 4.18. The molecule has 0 radical (unpaired) electrons. The van der Waals surface area contributed by atoms with E-state index in [1.54, 1.807) is 0 Å². The lowest BCUT2D eigenvalue weighted by molar-refractivity contribution is 0.393. The average Bonchev–Trinajstić information content (AvgIpc) is 2.71. The van der Waals surface area contributed by atoms with Gasteiger partial charge < -0.3 is 4.52 Å². The van der Waals surface area contributed by atoms with Gasteiger partial charge in [-0.25, -0.2) is 0 Å². The molecule has 0 unspecified atom stereocenters. The number of benzene rings is 1. The van der Waals surface area contributed by atoms with Crippen molar-refractivity contribution < 1.29 is 4.52 Å². The third-order valence-electron chi connectivity index (χ3n) is 2.76. The molecule has 1 heterocycles. The van der Waals surface area contributed by atoms with Crippen molar-refractivity contribution >= 4 is 11.6 Å². The Hall–Kier alpha value is -1.28. The largest absolute Gasteiger partial charge is 0.361 e. The molecule has 0 aliphatic rings. The summed E-state index contributed by atoms with van der Waals surface area (Å²) in [6.45, 7) is 9.95. The Kier molecular flexibility index (Phi) is 5.42. The molecule has 0 aliphatic carbocycles. The van der Waals surface area contributed by atoms with Gasteiger partial charge in [0.15, 0.2) is 0 Å². The highest BCUT2D eigenvalue weighted by atomic mass is 35.5. The minimum atomic E-state index is 0.806. The second-order valence-electron chi connectivity index (χ2n) is 3.86. The molecular weight excluding hydrogens is 246 g/mol. The van der Waals surface area contributed by atoms with Crippen LogP contribution in [0.5, 0.6) is 0 Å². The number of aryl methyl sites for hydroxylation is 3. The molecule has 2 nitrogen and oxygen atoms in total. The van der Waals surface area contributed by atoms with E-state index in [2.05, 4.69) is 24.2 Å². The fourth-order valence-electron chi connectivity index (χ4n) is 1.88. The van der Waals surface area contributed by atoms with Crippen LogP contribution in [0.2, 0.25) is 5.02 Å². The Morgan fingerprint density at radius 1 is 1.22 bits per heavy atom. The molecule has 3 heteroatoms. The van der Waals surface area contributed by atoms with Crippen molar-refractivity contribution in [2.24, 2.45) is 0 Å². The number of hydrogen-bond donors (Lipinski definition) is 0. The number of aromatic nitrogens is 1. The Morgan fingerprint density at radius 3 is 2.33 bits per heavy atom. The van der Waals surface area contributed by atoms with Crippen molar-refractivity contribution in [3.8, 4) is 11.1 Å². The first kappa shape index (κ1) is 14.8. The predicted molar refractivity (Wildman–Crippen MR) is 77.1 cm³/mol. The van der Waals surface area contributed by atoms with E-state index in [4.69, 9.17) is 16.1 Å². The standard InChI is InChI=1S/C13H14ClNO.C2H6/c1-4-10-5-6-11(7-12(10)14)13-8(2)15-16-9(13)3;1-2/h5-7H,4H2,1-3H3;1-2H3. The van der Waals surface area contributed by atoms with E-state index < -0.39 is 0 Å². The van der Waals surface area contributed by atoms with Gasteiger partial charge >= 0.3 is 0 Å². The van der Waals surface area contributed by atoms with Crippen LogP contribution in [0.1, 0.15) is 37.8 Å². The highest BCUT2D eigenvalue weighted by molar-refractivity contribution is 6.31. The van der Waals surface area contributed by atoms with Gasteiger partial charge in [0.05, 0.1) is 5.69 Å². The van der Waals surface area contributed by atoms with Crippen LogP contribution in [0.4, 0.5) is 0 Å². The van der Waals surface area contributed by atoms with Gasteiger partial charge in [-0.2, -0.15) is 0 Å². The van der Waals surface area contributed by atoms with Gasteiger partial charge in [0, 0.05) is 10.6 Å². The average molecular weight is 266 g/mol. The van der Waals surface area contributed by atoms with Gasteiger partial charge in [-0.15, -0.1) is 0 Å². The molecule has 1 aromatic carbocycles. The molecule has 0 fully saturated rings. The van der Waals surface area contributed by atoms with Crippen LogP contribution < -0.4 is 0 Å². The topological polar surface area (TPSA) is 26.0 Å².